The Bertz CT molecular complexity index is 645. The van der Waals surface area contributed by atoms with Gasteiger partial charge in [-0.2, -0.15) is 0 Å². The number of hydrogen-bond acceptors (Lipinski definition) is 3. The van der Waals surface area contributed by atoms with Crippen LogP contribution in [0.1, 0.15) is 19.5 Å². The molecule has 0 unspecified atom stereocenters. The lowest BCUT2D eigenvalue weighted by molar-refractivity contribution is 0.626. The van der Waals surface area contributed by atoms with E-state index in [0.717, 1.165) is 16.6 Å². The van der Waals surface area contributed by atoms with E-state index in [0.29, 0.717) is 27.6 Å². The van der Waals surface area contributed by atoms with Crippen LogP contribution >= 0.6 is 31.9 Å². The van der Waals surface area contributed by atoms with Crippen LogP contribution in [0.25, 0.3) is 11.4 Å². The average Bonchev–Trinajstić information content (AvgIpc) is 2.37. The zero-order valence-corrected chi connectivity index (χ0v) is 14.3. The molecular formula is C14H14Br2FN3. The topological polar surface area (TPSA) is 51.8 Å². The molecule has 1 aromatic carbocycles. The van der Waals surface area contributed by atoms with E-state index in [1.807, 2.05) is 0 Å². The summed E-state index contributed by atoms with van der Waals surface area (Å²) in [5, 5.41) is 0. The molecule has 106 valence electrons. The Morgan fingerprint density at radius 3 is 2.60 bits per heavy atom. The van der Waals surface area contributed by atoms with Crippen molar-refractivity contribution in [2.45, 2.75) is 20.3 Å². The molecule has 0 saturated carbocycles. The van der Waals surface area contributed by atoms with E-state index in [9.17, 15) is 4.39 Å². The number of nitrogens with two attached hydrogens (primary N) is 1. The lowest BCUT2D eigenvalue weighted by Gasteiger charge is -2.11. The number of halogens is 3. The monoisotopic (exact) mass is 401 g/mol. The fraction of sp³-hybridized carbons (Fsp3) is 0.286. The molecule has 0 atom stereocenters. The van der Waals surface area contributed by atoms with Crippen molar-refractivity contribution in [2.24, 2.45) is 5.92 Å². The van der Waals surface area contributed by atoms with Gasteiger partial charge in [0.25, 0.3) is 0 Å². The van der Waals surface area contributed by atoms with Crippen molar-refractivity contribution in [1.82, 2.24) is 9.97 Å². The van der Waals surface area contributed by atoms with E-state index in [1.165, 1.54) is 12.1 Å². The molecule has 2 N–H and O–H groups in total. The first-order valence-corrected chi connectivity index (χ1v) is 7.74. The van der Waals surface area contributed by atoms with Crippen molar-refractivity contribution in [1.29, 1.82) is 0 Å². The molecule has 3 nitrogen and oxygen atoms in total. The van der Waals surface area contributed by atoms with Gasteiger partial charge in [-0.25, -0.2) is 14.4 Å². The second-order valence-corrected chi connectivity index (χ2v) is 6.56. The first-order valence-electron chi connectivity index (χ1n) is 6.15. The lowest BCUT2D eigenvalue weighted by Crippen LogP contribution is -2.06. The van der Waals surface area contributed by atoms with Gasteiger partial charge in [0.05, 0.1) is 10.2 Å². The minimum Gasteiger partial charge on any atom is -0.383 e. The normalized spacial score (nSPS) is 11.1. The maximum atomic E-state index is 13.4. The van der Waals surface area contributed by atoms with Crippen molar-refractivity contribution >= 4 is 37.7 Å². The summed E-state index contributed by atoms with van der Waals surface area (Å²) in [7, 11) is 0. The van der Waals surface area contributed by atoms with Crippen LogP contribution in [-0.4, -0.2) is 9.97 Å². The average molecular weight is 403 g/mol. The van der Waals surface area contributed by atoms with Gasteiger partial charge in [0.1, 0.15) is 11.6 Å². The van der Waals surface area contributed by atoms with Crippen molar-refractivity contribution in [3.8, 4) is 11.4 Å². The molecule has 0 spiro atoms. The van der Waals surface area contributed by atoms with Gasteiger partial charge in [0.15, 0.2) is 5.82 Å². The Balaban J connectivity index is 2.57. The van der Waals surface area contributed by atoms with Crippen LogP contribution in [-0.2, 0) is 6.42 Å². The summed E-state index contributed by atoms with van der Waals surface area (Å²) in [5.74, 6) is 0.887. The standard InChI is InChI=1S/C14H14Br2FN3/c1-7(2)5-11-12(16)13(18)20-14(19-11)9-6-8(17)3-4-10(9)15/h3-4,6-7H,5H2,1-2H3,(H2,18,19,20). The number of rotatable bonds is 3. The van der Waals surface area contributed by atoms with Crippen LogP contribution in [0.2, 0.25) is 0 Å². The van der Waals surface area contributed by atoms with Crippen LogP contribution in [0.5, 0.6) is 0 Å². The van der Waals surface area contributed by atoms with Gasteiger partial charge in [-0.05, 0) is 46.5 Å². The molecule has 20 heavy (non-hydrogen) atoms. The second-order valence-electron chi connectivity index (χ2n) is 4.92. The Kier molecular flexibility index (Phi) is 4.75. The van der Waals surface area contributed by atoms with E-state index >= 15 is 0 Å². The fourth-order valence-electron chi connectivity index (χ4n) is 1.82. The predicted molar refractivity (Wildman–Crippen MR) is 85.8 cm³/mol. The van der Waals surface area contributed by atoms with Crippen LogP contribution in [0.3, 0.4) is 0 Å². The third-order valence-corrected chi connectivity index (χ3v) is 4.27. The molecule has 0 fully saturated rings. The number of anilines is 1. The van der Waals surface area contributed by atoms with Crippen molar-refractivity contribution in [3.63, 3.8) is 0 Å². The minimum absolute atomic E-state index is 0.335. The van der Waals surface area contributed by atoms with Crippen molar-refractivity contribution < 1.29 is 4.39 Å². The molecule has 0 aliphatic heterocycles. The molecule has 1 heterocycles. The van der Waals surface area contributed by atoms with Gasteiger partial charge in [-0.1, -0.05) is 29.8 Å². The smallest absolute Gasteiger partial charge is 0.163 e. The first kappa shape index (κ1) is 15.4. The molecule has 2 rings (SSSR count). The van der Waals surface area contributed by atoms with Crippen LogP contribution in [0, 0.1) is 11.7 Å². The molecule has 0 bridgehead atoms. The van der Waals surface area contributed by atoms with Gasteiger partial charge in [-0.15, -0.1) is 0 Å². The van der Waals surface area contributed by atoms with Crippen LogP contribution < -0.4 is 5.73 Å². The lowest BCUT2D eigenvalue weighted by atomic mass is 10.1. The van der Waals surface area contributed by atoms with Gasteiger partial charge in [0, 0.05) is 10.0 Å². The number of aromatic nitrogens is 2. The molecule has 0 radical (unpaired) electrons. The summed E-state index contributed by atoms with van der Waals surface area (Å²) < 4.78 is 14.8. The zero-order valence-electron chi connectivity index (χ0n) is 11.1. The van der Waals surface area contributed by atoms with Crippen molar-refractivity contribution in [2.75, 3.05) is 5.73 Å². The summed E-state index contributed by atoms with van der Waals surface area (Å²) >= 11 is 6.80. The van der Waals surface area contributed by atoms with E-state index in [2.05, 4.69) is 55.7 Å². The predicted octanol–water partition coefficient (Wildman–Crippen LogP) is 4.59. The molecule has 6 heteroatoms. The first-order chi connectivity index (χ1) is 9.38. The van der Waals surface area contributed by atoms with E-state index in [4.69, 9.17) is 5.73 Å². The largest absolute Gasteiger partial charge is 0.383 e. The summed E-state index contributed by atoms with van der Waals surface area (Å²) in [6, 6.07) is 4.41. The summed E-state index contributed by atoms with van der Waals surface area (Å²) in [4.78, 5) is 8.75. The zero-order chi connectivity index (χ0) is 14.9. The van der Waals surface area contributed by atoms with Gasteiger partial charge >= 0.3 is 0 Å². The Morgan fingerprint density at radius 2 is 1.95 bits per heavy atom. The fourth-order valence-corrected chi connectivity index (χ4v) is 2.59. The molecule has 0 amide bonds. The SMILES string of the molecule is CC(C)Cc1nc(-c2cc(F)ccc2Br)nc(N)c1Br. The van der Waals surface area contributed by atoms with Crippen molar-refractivity contribution in [3.05, 3.63) is 38.7 Å². The Hall–Kier alpha value is -1.01. The molecule has 0 aliphatic rings. The number of hydrogen-bond donors (Lipinski definition) is 1. The third kappa shape index (κ3) is 3.35. The van der Waals surface area contributed by atoms with E-state index < -0.39 is 0 Å². The highest BCUT2D eigenvalue weighted by Crippen LogP contribution is 2.31. The highest BCUT2D eigenvalue weighted by Gasteiger charge is 2.15. The maximum Gasteiger partial charge on any atom is 0.163 e. The summed E-state index contributed by atoms with van der Waals surface area (Å²) in [6.07, 6.45) is 0.771. The second kappa shape index (κ2) is 6.18. The highest BCUT2D eigenvalue weighted by molar-refractivity contribution is 9.11. The van der Waals surface area contributed by atoms with E-state index in [-0.39, 0.29) is 5.82 Å². The summed E-state index contributed by atoms with van der Waals surface area (Å²) in [5.41, 5.74) is 7.34. The van der Waals surface area contributed by atoms with Gasteiger partial charge < -0.3 is 5.73 Å². The highest BCUT2D eigenvalue weighted by atomic mass is 79.9. The van der Waals surface area contributed by atoms with Gasteiger partial charge in [0.2, 0.25) is 0 Å². The van der Waals surface area contributed by atoms with Crippen LogP contribution in [0.4, 0.5) is 10.2 Å². The number of benzene rings is 1. The molecule has 1 aromatic heterocycles. The third-order valence-electron chi connectivity index (χ3n) is 2.72. The van der Waals surface area contributed by atoms with E-state index in [1.54, 1.807) is 6.07 Å². The number of nitrogen functional groups attached to an aromatic ring is 1. The maximum absolute atomic E-state index is 13.4. The molecule has 0 saturated heterocycles. The van der Waals surface area contributed by atoms with Crippen LogP contribution in [0.15, 0.2) is 27.1 Å². The molecule has 0 aliphatic carbocycles. The Morgan fingerprint density at radius 1 is 1.25 bits per heavy atom. The number of nitrogens with zero attached hydrogens (tertiary/aromatic N) is 2. The Labute approximate surface area is 134 Å². The van der Waals surface area contributed by atoms with Gasteiger partial charge in [-0.3, -0.25) is 0 Å². The molecule has 2 aromatic rings. The quantitative estimate of drug-likeness (QED) is 0.816. The molecular weight excluding hydrogens is 389 g/mol. The summed E-state index contributed by atoms with van der Waals surface area (Å²) in [6.45, 7) is 4.20. The minimum atomic E-state index is -0.335.